The average Bonchev–Trinajstić information content (AvgIpc) is 3.10. The smallest absolute Gasteiger partial charge is 0.196 e. The molecule has 2 heterocycles. The molecule has 112 valence electrons. The zero-order valence-electron chi connectivity index (χ0n) is 11.6. The van der Waals surface area contributed by atoms with Crippen molar-refractivity contribution in [1.29, 1.82) is 0 Å². The summed E-state index contributed by atoms with van der Waals surface area (Å²) in [5.74, 6) is 0.518. The number of thiophene rings is 1. The van der Waals surface area contributed by atoms with Gasteiger partial charge < -0.3 is 4.42 Å². The van der Waals surface area contributed by atoms with Gasteiger partial charge in [-0.1, -0.05) is 24.3 Å². The summed E-state index contributed by atoms with van der Waals surface area (Å²) in [6.07, 6.45) is 2.51. The molecule has 0 saturated carbocycles. The summed E-state index contributed by atoms with van der Waals surface area (Å²) in [5.41, 5.74) is 0.745. The molecule has 0 bridgehead atoms. The highest BCUT2D eigenvalue weighted by Crippen LogP contribution is 2.18. The van der Waals surface area contributed by atoms with Gasteiger partial charge in [0.1, 0.15) is 11.3 Å². The zero-order valence-corrected chi connectivity index (χ0v) is 13.3. The second kappa shape index (κ2) is 5.86. The Bertz CT molecular complexity index is 919. The SMILES string of the molecule is CS(=O)(=O)/C(=N\N=C\c1cc2ccccc2o1)c1cccs1. The van der Waals surface area contributed by atoms with Crippen molar-refractivity contribution in [1.82, 2.24) is 0 Å². The van der Waals surface area contributed by atoms with Crippen LogP contribution in [0.1, 0.15) is 10.6 Å². The summed E-state index contributed by atoms with van der Waals surface area (Å²) in [5, 5.41) is 10.4. The predicted molar refractivity (Wildman–Crippen MR) is 89.5 cm³/mol. The van der Waals surface area contributed by atoms with Crippen molar-refractivity contribution >= 4 is 43.4 Å². The quantitative estimate of drug-likeness (QED) is 0.419. The molecule has 3 rings (SSSR count). The van der Waals surface area contributed by atoms with Gasteiger partial charge in [0.15, 0.2) is 14.9 Å². The first-order valence-electron chi connectivity index (χ1n) is 6.37. The fraction of sp³-hybridized carbons (Fsp3) is 0.0667. The number of rotatable bonds is 3. The van der Waals surface area contributed by atoms with Gasteiger partial charge in [-0.3, -0.25) is 0 Å². The topological polar surface area (TPSA) is 72.0 Å². The molecule has 0 amide bonds. The van der Waals surface area contributed by atoms with Crippen molar-refractivity contribution in [2.75, 3.05) is 6.26 Å². The average molecular weight is 332 g/mol. The fourth-order valence-electron chi connectivity index (χ4n) is 1.91. The third-order valence-electron chi connectivity index (χ3n) is 2.86. The van der Waals surface area contributed by atoms with Crippen LogP contribution in [0, 0.1) is 0 Å². The minimum atomic E-state index is -3.45. The van der Waals surface area contributed by atoms with E-state index >= 15 is 0 Å². The lowest BCUT2D eigenvalue weighted by Crippen LogP contribution is -2.12. The first kappa shape index (κ1) is 14.7. The molecule has 0 spiro atoms. The summed E-state index contributed by atoms with van der Waals surface area (Å²) in [4.78, 5) is 0.559. The number of hydrogen-bond donors (Lipinski definition) is 0. The second-order valence-electron chi connectivity index (χ2n) is 4.59. The molecule has 5 nitrogen and oxygen atoms in total. The van der Waals surface area contributed by atoms with Crippen LogP contribution in [-0.2, 0) is 9.84 Å². The Kier molecular flexibility index (Phi) is 3.91. The molecule has 0 radical (unpaired) electrons. The zero-order chi connectivity index (χ0) is 15.6. The van der Waals surface area contributed by atoms with Gasteiger partial charge >= 0.3 is 0 Å². The normalized spacial score (nSPS) is 13.2. The van der Waals surface area contributed by atoms with E-state index in [4.69, 9.17) is 4.42 Å². The number of fused-ring (bicyclic) bond motifs is 1. The van der Waals surface area contributed by atoms with Crippen molar-refractivity contribution in [2.45, 2.75) is 0 Å². The minimum absolute atomic E-state index is 0.0464. The van der Waals surface area contributed by atoms with Crippen LogP contribution >= 0.6 is 11.3 Å². The van der Waals surface area contributed by atoms with Crippen LogP contribution in [0.15, 0.2) is 62.5 Å². The van der Waals surface area contributed by atoms with Crippen molar-refractivity contribution in [3.05, 3.63) is 58.5 Å². The maximum atomic E-state index is 11.8. The van der Waals surface area contributed by atoms with Crippen molar-refractivity contribution in [3.63, 3.8) is 0 Å². The third-order valence-corrected chi connectivity index (χ3v) is 4.87. The van der Waals surface area contributed by atoms with Gasteiger partial charge in [0.05, 0.1) is 11.1 Å². The lowest BCUT2D eigenvalue weighted by Gasteiger charge is -1.97. The van der Waals surface area contributed by atoms with Gasteiger partial charge in [-0.2, -0.15) is 5.10 Å². The predicted octanol–water partition coefficient (Wildman–Crippen LogP) is 3.32. The Balaban J connectivity index is 1.93. The summed E-state index contributed by atoms with van der Waals surface area (Å²) in [6.45, 7) is 0. The number of benzene rings is 1. The third kappa shape index (κ3) is 3.15. The van der Waals surface area contributed by atoms with Gasteiger partial charge in [-0.05, 0) is 23.6 Å². The van der Waals surface area contributed by atoms with Crippen LogP contribution in [-0.4, -0.2) is 25.9 Å². The molecule has 0 aliphatic rings. The standard InChI is InChI=1S/C15H12N2O3S2/c1-22(18,19)15(14-7-4-8-21-14)17-16-10-12-9-11-5-2-3-6-13(11)20-12/h2-10H,1H3/b16-10+,17-15-. The van der Waals surface area contributed by atoms with E-state index in [1.54, 1.807) is 17.5 Å². The molecule has 0 fully saturated rings. The molecular weight excluding hydrogens is 320 g/mol. The number of furan rings is 1. The lowest BCUT2D eigenvalue weighted by atomic mass is 10.2. The van der Waals surface area contributed by atoms with Gasteiger partial charge in [-0.25, -0.2) is 8.42 Å². The molecule has 2 aromatic heterocycles. The fourth-order valence-corrected chi connectivity index (χ4v) is 3.74. The van der Waals surface area contributed by atoms with E-state index in [9.17, 15) is 8.42 Å². The molecule has 0 aliphatic heterocycles. The molecule has 0 atom stereocenters. The summed E-state index contributed by atoms with van der Waals surface area (Å²) < 4.78 is 29.1. The highest BCUT2D eigenvalue weighted by Gasteiger charge is 2.17. The molecule has 0 saturated heterocycles. The van der Waals surface area contributed by atoms with Crippen LogP contribution in [0.5, 0.6) is 0 Å². The van der Waals surface area contributed by atoms with Gasteiger partial charge in [0, 0.05) is 11.6 Å². The van der Waals surface area contributed by atoms with Crippen molar-refractivity contribution in [2.24, 2.45) is 10.2 Å². The molecule has 3 aromatic rings. The van der Waals surface area contributed by atoms with Crippen LogP contribution in [0.4, 0.5) is 0 Å². The number of nitrogens with zero attached hydrogens (tertiary/aromatic N) is 2. The number of sulfone groups is 1. The van der Waals surface area contributed by atoms with Crippen LogP contribution in [0.2, 0.25) is 0 Å². The molecule has 0 aliphatic carbocycles. The van der Waals surface area contributed by atoms with Crippen LogP contribution in [0.25, 0.3) is 11.0 Å². The second-order valence-corrected chi connectivity index (χ2v) is 7.46. The first-order valence-corrected chi connectivity index (χ1v) is 9.15. The Hall–Kier alpha value is -2.25. The maximum Gasteiger partial charge on any atom is 0.196 e. The highest BCUT2D eigenvalue weighted by atomic mass is 32.2. The van der Waals surface area contributed by atoms with E-state index in [0.29, 0.717) is 10.6 Å². The lowest BCUT2D eigenvalue weighted by molar-refractivity contribution is 0.607. The van der Waals surface area contributed by atoms with E-state index in [2.05, 4.69) is 10.2 Å². The summed E-state index contributed by atoms with van der Waals surface area (Å²) >= 11 is 1.30. The first-order chi connectivity index (χ1) is 10.5. The molecule has 22 heavy (non-hydrogen) atoms. The van der Waals surface area contributed by atoms with Crippen LogP contribution in [0.3, 0.4) is 0 Å². The highest BCUT2D eigenvalue weighted by molar-refractivity contribution is 8.06. The van der Waals surface area contributed by atoms with Crippen LogP contribution < -0.4 is 0 Å². The summed E-state index contributed by atoms with van der Waals surface area (Å²) in [6, 6.07) is 12.8. The molecule has 1 aromatic carbocycles. The van der Waals surface area contributed by atoms with Gasteiger partial charge in [0.2, 0.25) is 0 Å². The van der Waals surface area contributed by atoms with E-state index in [1.807, 2.05) is 30.3 Å². The number of hydrogen-bond acceptors (Lipinski definition) is 6. The Morgan fingerprint density at radius 3 is 2.73 bits per heavy atom. The molecule has 0 N–H and O–H groups in total. The number of para-hydroxylation sites is 1. The Morgan fingerprint density at radius 2 is 2.05 bits per heavy atom. The minimum Gasteiger partial charge on any atom is -0.455 e. The van der Waals surface area contributed by atoms with E-state index in [0.717, 1.165) is 17.2 Å². The summed E-state index contributed by atoms with van der Waals surface area (Å²) in [7, 11) is -3.45. The monoisotopic (exact) mass is 332 g/mol. The largest absolute Gasteiger partial charge is 0.455 e. The molecule has 0 unspecified atom stereocenters. The van der Waals surface area contributed by atoms with Gasteiger partial charge in [0.25, 0.3) is 0 Å². The molecular formula is C15H12N2O3S2. The molecule has 7 heteroatoms. The van der Waals surface area contributed by atoms with E-state index in [-0.39, 0.29) is 5.04 Å². The Morgan fingerprint density at radius 1 is 1.23 bits per heavy atom. The Labute approximate surface area is 131 Å². The van der Waals surface area contributed by atoms with Crippen molar-refractivity contribution in [3.8, 4) is 0 Å². The van der Waals surface area contributed by atoms with E-state index in [1.165, 1.54) is 17.6 Å². The van der Waals surface area contributed by atoms with Crippen molar-refractivity contribution < 1.29 is 12.8 Å². The maximum absolute atomic E-state index is 11.8. The van der Waals surface area contributed by atoms with E-state index < -0.39 is 9.84 Å². The van der Waals surface area contributed by atoms with Gasteiger partial charge in [-0.15, -0.1) is 16.4 Å².